The highest BCUT2D eigenvalue weighted by Crippen LogP contribution is 2.19. The monoisotopic (exact) mass is 592 g/mol. The molecule has 4 aromatic carbocycles. The van der Waals surface area contributed by atoms with Gasteiger partial charge in [0, 0.05) is 5.69 Å². The molecule has 0 aliphatic heterocycles. The molecule has 0 aliphatic carbocycles. The second-order valence-corrected chi connectivity index (χ2v) is 13.1. The van der Waals surface area contributed by atoms with E-state index in [1.165, 1.54) is 36.4 Å². The Balaban J connectivity index is 1.32. The Kier molecular flexibility index (Phi) is 8.89. The Bertz CT molecular complexity index is 1770. The number of urea groups is 1. The Hall–Kier alpha value is -4.48. The predicted molar refractivity (Wildman–Crippen MR) is 155 cm³/mol. The van der Waals surface area contributed by atoms with E-state index in [1.807, 2.05) is 18.6 Å². The van der Waals surface area contributed by atoms with Crippen LogP contribution in [0.1, 0.15) is 32.6 Å². The van der Waals surface area contributed by atoms with Crippen LogP contribution >= 0.6 is 0 Å². The van der Waals surface area contributed by atoms with Gasteiger partial charge in [-0.2, -0.15) is 0 Å². The number of benzene rings is 4. The minimum Gasteiger partial charge on any atom is -0.457 e. The first-order valence-corrected chi connectivity index (χ1v) is 15.6. The summed E-state index contributed by atoms with van der Waals surface area (Å²) in [5.74, 6) is -0.817. The molecule has 4 rings (SSSR count). The number of carbonyl (C=O) groups excluding carboxylic acids is 2. The number of nitrogens with one attached hydrogen (secondary N) is 2. The summed E-state index contributed by atoms with van der Waals surface area (Å²) in [7, 11) is -7.58. The SMILES string of the molecule is Cc1ccc(S(=O)(=O)Cc2ccc(COC(=O)c3cccc(NC(=O)NS(=O)(=O)c4ccc(C)cc4)c3)cc2)cc1. The zero-order chi connectivity index (χ0) is 29.6. The summed E-state index contributed by atoms with van der Waals surface area (Å²) in [6.45, 7) is 3.64. The van der Waals surface area contributed by atoms with E-state index in [0.29, 0.717) is 11.1 Å². The van der Waals surface area contributed by atoms with E-state index in [1.54, 1.807) is 60.7 Å². The summed E-state index contributed by atoms with van der Waals surface area (Å²) in [6.07, 6.45) is 0. The van der Waals surface area contributed by atoms with Crippen molar-refractivity contribution in [3.63, 3.8) is 0 Å². The number of aryl methyl sites for hydroxylation is 2. The third-order valence-corrected chi connectivity index (χ3v) is 9.09. The maximum absolute atomic E-state index is 12.7. The quantitative estimate of drug-likeness (QED) is 0.257. The minimum atomic E-state index is -4.08. The molecule has 0 fully saturated rings. The van der Waals surface area contributed by atoms with Crippen molar-refractivity contribution < 1.29 is 31.2 Å². The van der Waals surface area contributed by atoms with E-state index in [0.717, 1.165) is 11.1 Å². The van der Waals surface area contributed by atoms with E-state index >= 15 is 0 Å². The van der Waals surface area contributed by atoms with E-state index in [2.05, 4.69) is 5.32 Å². The van der Waals surface area contributed by atoms with Gasteiger partial charge in [0.2, 0.25) is 0 Å². The van der Waals surface area contributed by atoms with Gasteiger partial charge in [-0.1, -0.05) is 65.7 Å². The number of anilines is 1. The zero-order valence-corrected chi connectivity index (χ0v) is 24.0. The molecular formula is C30H28N2O7S2. The van der Waals surface area contributed by atoms with Gasteiger partial charge >= 0.3 is 12.0 Å². The van der Waals surface area contributed by atoms with E-state index < -0.39 is 31.9 Å². The zero-order valence-electron chi connectivity index (χ0n) is 22.3. The lowest BCUT2D eigenvalue weighted by molar-refractivity contribution is 0.0472. The van der Waals surface area contributed by atoms with Crippen LogP contribution in [0.25, 0.3) is 0 Å². The van der Waals surface area contributed by atoms with E-state index in [9.17, 15) is 26.4 Å². The van der Waals surface area contributed by atoms with Crippen molar-refractivity contribution in [2.45, 2.75) is 36.0 Å². The molecule has 2 amide bonds. The molecule has 0 bridgehead atoms. The van der Waals surface area contributed by atoms with Crippen LogP contribution in [0.5, 0.6) is 0 Å². The van der Waals surface area contributed by atoms with Crippen molar-refractivity contribution in [3.8, 4) is 0 Å². The first-order valence-electron chi connectivity index (χ1n) is 12.5. The number of sulfonamides is 1. The largest absolute Gasteiger partial charge is 0.457 e. The minimum absolute atomic E-state index is 0.0588. The molecule has 0 atom stereocenters. The molecule has 212 valence electrons. The van der Waals surface area contributed by atoms with Crippen LogP contribution in [-0.4, -0.2) is 28.8 Å². The fourth-order valence-corrected chi connectivity index (χ4v) is 6.05. The van der Waals surface area contributed by atoms with Crippen LogP contribution in [-0.2, 0) is 37.0 Å². The van der Waals surface area contributed by atoms with Crippen LogP contribution in [0, 0.1) is 13.8 Å². The lowest BCUT2D eigenvalue weighted by Gasteiger charge is -2.10. The van der Waals surface area contributed by atoms with Gasteiger partial charge in [0.25, 0.3) is 10.0 Å². The number of hydrogen-bond donors (Lipinski definition) is 2. The van der Waals surface area contributed by atoms with Crippen LogP contribution in [0.3, 0.4) is 0 Å². The Labute approximate surface area is 239 Å². The van der Waals surface area contributed by atoms with E-state index in [4.69, 9.17) is 4.74 Å². The first kappa shape index (κ1) is 29.5. The molecule has 0 saturated heterocycles. The normalized spacial score (nSPS) is 11.5. The maximum Gasteiger partial charge on any atom is 0.338 e. The first-order chi connectivity index (χ1) is 19.4. The van der Waals surface area contributed by atoms with Crippen LogP contribution in [0.2, 0.25) is 0 Å². The van der Waals surface area contributed by atoms with Crippen molar-refractivity contribution in [3.05, 3.63) is 125 Å². The average molecular weight is 593 g/mol. The lowest BCUT2D eigenvalue weighted by atomic mass is 10.1. The number of ether oxygens (including phenoxy) is 1. The molecule has 2 N–H and O–H groups in total. The predicted octanol–water partition coefficient (Wildman–Crippen LogP) is 5.14. The third kappa shape index (κ3) is 8.03. The van der Waals surface area contributed by atoms with Gasteiger partial charge in [-0.25, -0.2) is 31.1 Å². The van der Waals surface area contributed by atoms with Gasteiger partial charge in [-0.3, -0.25) is 0 Å². The van der Waals surface area contributed by atoms with Gasteiger partial charge in [-0.05, 0) is 67.4 Å². The molecule has 0 unspecified atom stereocenters. The van der Waals surface area contributed by atoms with Gasteiger partial charge in [0.15, 0.2) is 9.84 Å². The van der Waals surface area contributed by atoms with Crippen molar-refractivity contribution in [2.24, 2.45) is 0 Å². The van der Waals surface area contributed by atoms with Gasteiger partial charge in [0.1, 0.15) is 6.61 Å². The van der Waals surface area contributed by atoms with Crippen molar-refractivity contribution in [1.82, 2.24) is 4.72 Å². The topological polar surface area (TPSA) is 136 Å². The van der Waals surface area contributed by atoms with Crippen LogP contribution < -0.4 is 10.0 Å². The van der Waals surface area contributed by atoms with Crippen molar-refractivity contribution in [2.75, 3.05) is 5.32 Å². The molecule has 4 aromatic rings. The summed E-state index contributed by atoms with van der Waals surface area (Å²) >= 11 is 0. The number of sulfone groups is 1. The van der Waals surface area contributed by atoms with Gasteiger partial charge in [0.05, 0.1) is 21.1 Å². The molecule has 9 nitrogen and oxygen atoms in total. The molecule has 0 radical (unpaired) electrons. The summed E-state index contributed by atoms with van der Waals surface area (Å²) in [5, 5.41) is 2.40. The average Bonchev–Trinajstić information content (AvgIpc) is 2.92. The molecule has 0 aliphatic rings. The summed E-state index contributed by atoms with van der Waals surface area (Å²) < 4.78 is 57.5. The number of esters is 1. The van der Waals surface area contributed by atoms with Crippen LogP contribution in [0.15, 0.2) is 107 Å². The van der Waals surface area contributed by atoms with Crippen molar-refractivity contribution in [1.29, 1.82) is 0 Å². The highest BCUT2D eigenvalue weighted by Gasteiger charge is 2.18. The molecule has 11 heteroatoms. The number of rotatable bonds is 9. The number of carbonyl (C=O) groups is 2. The maximum atomic E-state index is 12.7. The van der Waals surface area contributed by atoms with Crippen LogP contribution in [0.4, 0.5) is 10.5 Å². The fourth-order valence-electron chi connectivity index (χ4n) is 3.79. The molecule has 0 aromatic heterocycles. The molecule has 41 heavy (non-hydrogen) atoms. The molecule has 0 spiro atoms. The summed E-state index contributed by atoms with van der Waals surface area (Å²) in [4.78, 5) is 25.1. The molecule has 0 saturated carbocycles. The van der Waals surface area contributed by atoms with E-state index in [-0.39, 0.29) is 33.4 Å². The smallest absolute Gasteiger partial charge is 0.338 e. The summed E-state index contributed by atoms with van der Waals surface area (Å²) in [6, 6.07) is 24.3. The fraction of sp³-hybridized carbons (Fsp3) is 0.133. The highest BCUT2D eigenvalue weighted by atomic mass is 32.2. The number of hydrogen-bond acceptors (Lipinski definition) is 7. The Morgan fingerprint density at radius 3 is 1.88 bits per heavy atom. The lowest BCUT2D eigenvalue weighted by Crippen LogP contribution is -2.34. The van der Waals surface area contributed by atoms with Gasteiger partial charge in [-0.15, -0.1) is 0 Å². The van der Waals surface area contributed by atoms with Gasteiger partial charge < -0.3 is 10.1 Å². The second kappa shape index (κ2) is 12.4. The highest BCUT2D eigenvalue weighted by molar-refractivity contribution is 7.90. The Morgan fingerprint density at radius 1 is 0.707 bits per heavy atom. The summed E-state index contributed by atoms with van der Waals surface area (Å²) in [5.41, 5.74) is 3.44. The standard InChI is InChI=1S/C30H28N2O7S2/c1-21-6-14-27(15-7-21)40(35,36)20-24-12-10-23(11-13-24)19-39-29(33)25-4-3-5-26(18-25)31-30(34)32-41(37,38)28-16-8-22(2)9-17-28/h3-18H,19-20H2,1-2H3,(H2,31,32,34). The van der Waals surface area contributed by atoms with Crippen molar-refractivity contribution >= 4 is 37.5 Å². The second-order valence-electron chi connectivity index (χ2n) is 9.42. The third-order valence-electron chi connectivity index (χ3n) is 6.04. The molecule has 0 heterocycles. The number of amides is 2. The Morgan fingerprint density at radius 2 is 1.27 bits per heavy atom. The molecular weight excluding hydrogens is 564 g/mol.